The molecule has 2 aromatic rings. The van der Waals surface area contributed by atoms with Gasteiger partial charge in [-0.15, -0.1) is 11.6 Å². The number of rotatable bonds is 3. The van der Waals surface area contributed by atoms with Gasteiger partial charge in [0.15, 0.2) is 0 Å². The van der Waals surface area contributed by atoms with Gasteiger partial charge < -0.3 is 4.74 Å². The van der Waals surface area contributed by atoms with E-state index in [2.05, 4.69) is 31.9 Å². The van der Waals surface area contributed by atoms with Crippen LogP contribution in [0.3, 0.4) is 0 Å². The molecule has 0 amide bonds. The molecule has 17 heavy (non-hydrogen) atoms. The van der Waals surface area contributed by atoms with Gasteiger partial charge in [-0.2, -0.15) is 0 Å². The standard InChI is InChI=1S/C13H9Br2ClO/c14-10-2-5-11(6-3-10)17-12-4-1-9(8-16)13(15)7-12/h1-7H,8H2. The smallest absolute Gasteiger partial charge is 0.128 e. The summed E-state index contributed by atoms with van der Waals surface area (Å²) < 4.78 is 7.71. The molecule has 88 valence electrons. The van der Waals surface area contributed by atoms with Crippen molar-refractivity contribution in [3.05, 3.63) is 57.0 Å². The Morgan fingerprint density at radius 1 is 0.941 bits per heavy atom. The highest BCUT2D eigenvalue weighted by molar-refractivity contribution is 9.10. The van der Waals surface area contributed by atoms with E-state index in [4.69, 9.17) is 16.3 Å². The number of hydrogen-bond acceptors (Lipinski definition) is 1. The molecule has 1 nitrogen and oxygen atoms in total. The first kappa shape index (κ1) is 12.9. The summed E-state index contributed by atoms with van der Waals surface area (Å²) in [6.45, 7) is 0. The highest BCUT2D eigenvalue weighted by atomic mass is 79.9. The predicted molar refractivity (Wildman–Crippen MR) is 77.9 cm³/mol. The van der Waals surface area contributed by atoms with Crippen LogP contribution in [0, 0.1) is 0 Å². The summed E-state index contributed by atoms with van der Waals surface area (Å²) in [5.41, 5.74) is 1.05. The minimum atomic E-state index is 0.485. The zero-order valence-electron chi connectivity index (χ0n) is 8.79. The van der Waals surface area contributed by atoms with Gasteiger partial charge in [0.2, 0.25) is 0 Å². The summed E-state index contributed by atoms with van der Waals surface area (Å²) in [5.74, 6) is 2.07. The number of ether oxygens (including phenoxy) is 1. The van der Waals surface area contributed by atoms with E-state index in [1.807, 2.05) is 42.5 Å². The molecule has 0 spiro atoms. The van der Waals surface area contributed by atoms with Crippen molar-refractivity contribution in [3.8, 4) is 11.5 Å². The number of alkyl halides is 1. The third-order valence-corrected chi connectivity index (χ3v) is 3.77. The van der Waals surface area contributed by atoms with Gasteiger partial charge in [0.1, 0.15) is 11.5 Å². The Balaban J connectivity index is 2.19. The molecule has 0 bridgehead atoms. The van der Waals surface area contributed by atoms with Crippen LogP contribution in [0.2, 0.25) is 0 Å². The molecule has 0 atom stereocenters. The van der Waals surface area contributed by atoms with Crippen LogP contribution in [-0.4, -0.2) is 0 Å². The van der Waals surface area contributed by atoms with Crippen molar-refractivity contribution in [1.82, 2.24) is 0 Å². The second kappa shape index (κ2) is 5.89. The summed E-state index contributed by atoms with van der Waals surface area (Å²) in [7, 11) is 0. The van der Waals surface area contributed by atoms with Crippen LogP contribution in [0.4, 0.5) is 0 Å². The molecule has 0 heterocycles. The summed E-state index contributed by atoms with van der Waals surface area (Å²) in [4.78, 5) is 0. The quantitative estimate of drug-likeness (QED) is 0.621. The summed E-state index contributed by atoms with van der Waals surface area (Å²) >= 11 is 12.6. The van der Waals surface area contributed by atoms with Crippen molar-refractivity contribution in [2.45, 2.75) is 5.88 Å². The summed E-state index contributed by atoms with van der Waals surface area (Å²) in [6, 6.07) is 13.5. The minimum Gasteiger partial charge on any atom is -0.457 e. The van der Waals surface area contributed by atoms with Crippen LogP contribution < -0.4 is 4.74 Å². The third-order valence-electron chi connectivity index (χ3n) is 2.22. The zero-order valence-corrected chi connectivity index (χ0v) is 12.7. The van der Waals surface area contributed by atoms with Crippen LogP contribution in [0.25, 0.3) is 0 Å². The molecule has 0 aliphatic heterocycles. The zero-order chi connectivity index (χ0) is 12.3. The van der Waals surface area contributed by atoms with Gasteiger partial charge >= 0.3 is 0 Å². The van der Waals surface area contributed by atoms with E-state index in [1.54, 1.807) is 0 Å². The van der Waals surface area contributed by atoms with Gasteiger partial charge in [-0.25, -0.2) is 0 Å². The lowest BCUT2D eigenvalue weighted by molar-refractivity contribution is 0.482. The minimum absolute atomic E-state index is 0.485. The van der Waals surface area contributed by atoms with E-state index in [0.717, 1.165) is 26.0 Å². The Morgan fingerprint density at radius 3 is 2.18 bits per heavy atom. The molecule has 0 aliphatic rings. The normalized spacial score (nSPS) is 10.3. The molecular weight excluding hydrogens is 367 g/mol. The van der Waals surface area contributed by atoms with Gasteiger partial charge in [0.05, 0.1) is 0 Å². The molecule has 0 fully saturated rings. The average molecular weight is 376 g/mol. The van der Waals surface area contributed by atoms with Gasteiger partial charge in [-0.05, 0) is 42.0 Å². The van der Waals surface area contributed by atoms with E-state index in [9.17, 15) is 0 Å². The third kappa shape index (κ3) is 3.47. The summed E-state index contributed by atoms with van der Waals surface area (Å²) in [5, 5.41) is 0. The first-order valence-electron chi connectivity index (χ1n) is 4.97. The molecule has 0 N–H and O–H groups in total. The highest BCUT2D eigenvalue weighted by Gasteiger charge is 2.02. The molecule has 0 saturated heterocycles. The molecule has 0 saturated carbocycles. The largest absolute Gasteiger partial charge is 0.457 e. The number of halogens is 3. The molecule has 0 aliphatic carbocycles. The monoisotopic (exact) mass is 374 g/mol. The predicted octanol–water partition coefficient (Wildman–Crippen LogP) is 5.74. The summed E-state index contributed by atoms with van der Waals surface area (Å²) in [6.07, 6.45) is 0. The molecule has 2 aromatic carbocycles. The van der Waals surface area contributed by atoms with Crippen LogP contribution in [0.5, 0.6) is 11.5 Å². The Hall–Kier alpha value is -0.510. The first-order valence-corrected chi connectivity index (χ1v) is 7.09. The second-order valence-corrected chi connectivity index (χ2v) is 5.48. The van der Waals surface area contributed by atoms with Crippen molar-refractivity contribution >= 4 is 43.5 Å². The van der Waals surface area contributed by atoms with Crippen molar-refractivity contribution in [2.24, 2.45) is 0 Å². The van der Waals surface area contributed by atoms with E-state index < -0.39 is 0 Å². The molecule has 0 aromatic heterocycles. The van der Waals surface area contributed by atoms with Gasteiger partial charge in [0.25, 0.3) is 0 Å². The first-order chi connectivity index (χ1) is 8.19. The second-order valence-electron chi connectivity index (χ2n) is 3.44. The lowest BCUT2D eigenvalue weighted by Crippen LogP contribution is -1.86. The molecule has 0 unspecified atom stereocenters. The fourth-order valence-corrected chi connectivity index (χ4v) is 2.50. The maximum absolute atomic E-state index is 5.79. The van der Waals surface area contributed by atoms with E-state index in [0.29, 0.717) is 5.88 Å². The maximum Gasteiger partial charge on any atom is 0.128 e. The van der Waals surface area contributed by atoms with Crippen molar-refractivity contribution in [2.75, 3.05) is 0 Å². The fourth-order valence-electron chi connectivity index (χ4n) is 1.34. The van der Waals surface area contributed by atoms with Gasteiger partial charge in [-0.3, -0.25) is 0 Å². The lowest BCUT2D eigenvalue weighted by Gasteiger charge is -2.07. The van der Waals surface area contributed by atoms with Gasteiger partial charge in [0, 0.05) is 14.8 Å². The van der Waals surface area contributed by atoms with Gasteiger partial charge in [-0.1, -0.05) is 37.9 Å². The molecule has 2 rings (SSSR count). The Bertz CT molecular complexity index is 511. The average Bonchev–Trinajstić information content (AvgIpc) is 2.32. The van der Waals surface area contributed by atoms with Crippen molar-refractivity contribution in [3.63, 3.8) is 0 Å². The lowest BCUT2D eigenvalue weighted by atomic mass is 10.2. The van der Waals surface area contributed by atoms with Crippen LogP contribution in [0.15, 0.2) is 51.4 Å². The molecular formula is C13H9Br2ClO. The topological polar surface area (TPSA) is 9.23 Å². The molecule has 4 heteroatoms. The maximum atomic E-state index is 5.79. The van der Waals surface area contributed by atoms with Crippen LogP contribution >= 0.6 is 43.5 Å². The SMILES string of the molecule is ClCc1ccc(Oc2ccc(Br)cc2)cc1Br. The van der Waals surface area contributed by atoms with Crippen LogP contribution in [0.1, 0.15) is 5.56 Å². The highest BCUT2D eigenvalue weighted by Crippen LogP contribution is 2.28. The fraction of sp³-hybridized carbons (Fsp3) is 0.0769. The van der Waals surface area contributed by atoms with Crippen LogP contribution in [-0.2, 0) is 5.88 Å². The number of hydrogen-bond donors (Lipinski definition) is 0. The van der Waals surface area contributed by atoms with E-state index in [1.165, 1.54) is 0 Å². The van der Waals surface area contributed by atoms with E-state index in [-0.39, 0.29) is 0 Å². The van der Waals surface area contributed by atoms with Crippen molar-refractivity contribution in [1.29, 1.82) is 0 Å². The number of benzene rings is 2. The Morgan fingerprint density at radius 2 is 1.59 bits per heavy atom. The van der Waals surface area contributed by atoms with Crippen molar-refractivity contribution < 1.29 is 4.74 Å². The molecule has 0 radical (unpaired) electrons. The Kier molecular flexibility index (Phi) is 4.48. The Labute approximate surface area is 122 Å². The van der Waals surface area contributed by atoms with E-state index >= 15 is 0 Å².